The van der Waals surface area contributed by atoms with Gasteiger partial charge in [0.25, 0.3) is 0 Å². The molecule has 0 saturated carbocycles. The molecule has 0 spiro atoms. The van der Waals surface area contributed by atoms with Crippen molar-refractivity contribution in [2.45, 2.75) is 38.9 Å². The number of aliphatic hydroxyl groups is 1. The highest BCUT2D eigenvalue weighted by Gasteiger charge is 2.22. The van der Waals surface area contributed by atoms with Crippen molar-refractivity contribution in [1.29, 1.82) is 0 Å². The molecule has 0 bridgehead atoms. The lowest BCUT2D eigenvalue weighted by atomic mass is 10.0. The van der Waals surface area contributed by atoms with Gasteiger partial charge in [-0.2, -0.15) is 0 Å². The molecule has 2 heterocycles. The number of rotatable bonds is 3. The standard InChI is InChI=1S/C16H18O3/c1-3-13-5-7-15(19-13)16(17)11-4-6-14-12(9-11)8-10(2)18-14/h4-7,9-10,16-17H,3,8H2,1-2H3. The number of aryl methyl sites for hydroxylation is 1. The summed E-state index contributed by atoms with van der Waals surface area (Å²) < 4.78 is 11.3. The Morgan fingerprint density at radius 1 is 1.32 bits per heavy atom. The zero-order chi connectivity index (χ0) is 13.4. The fourth-order valence-corrected chi connectivity index (χ4v) is 2.51. The van der Waals surface area contributed by atoms with Gasteiger partial charge in [0.15, 0.2) is 0 Å². The van der Waals surface area contributed by atoms with E-state index in [0.717, 1.165) is 35.5 Å². The van der Waals surface area contributed by atoms with E-state index in [9.17, 15) is 5.11 Å². The third kappa shape index (κ3) is 2.26. The van der Waals surface area contributed by atoms with Gasteiger partial charge in [-0.1, -0.05) is 13.0 Å². The van der Waals surface area contributed by atoms with Crippen LogP contribution >= 0.6 is 0 Å². The van der Waals surface area contributed by atoms with Crippen molar-refractivity contribution in [3.05, 3.63) is 53.0 Å². The molecule has 1 aromatic carbocycles. The van der Waals surface area contributed by atoms with E-state index >= 15 is 0 Å². The van der Waals surface area contributed by atoms with Crippen LogP contribution in [0.3, 0.4) is 0 Å². The van der Waals surface area contributed by atoms with Gasteiger partial charge in [-0.3, -0.25) is 0 Å². The second kappa shape index (κ2) is 4.74. The fraction of sp³-hybridized carbons (Fsp3) is 0.375. The van der Waals surface area contributed by atoms with Crippen LogP contribution < -0.4 is 4.74 Å². The highest BCUT2D eigenvalue weighted by molar-refractivity contribution is 5.42. The average Bonchev–Trinajstić information content (AvgIpc) is 3.01. The third-order valence-electron chi connectivity index (χ3n) is 3.54. The molecule has 0 aliphatic carbocycles. The van der Waals surface area contributed by atoms with E-state index in [4.69, 9.17) is 9.15 Å². The van der Waals surface area contributed by atoms with Gasteiger partial charge in [0.2, 0.25) is 0 Å². The lowest BCUT2D eigenvalue weighted by Gasteiger charge is -2.09. The number of hydrogen-bond donors (Lipinski definition) is 1. The predicted octanol–water partition coefficient (Wildman–Crippen LogP) is 3.25. The molecule has 0 saturated heterocycles. The van der Waals surface area contributed by atoms with E-state index in [2.05, 4.69) is 6.92 Å². The summed E-state index contributed by atoms with van der Waals surface area (Å²) in [6.07, 6.45) is 1.25. The molecule has 2 atom stereocenters. The summed E-state index contributed by atoms with van der Waals surface area (Å²) >= 11 is 0. The maximum atomic E-state index is 10.4. The van der Waals surface area contributed by atoms with Crippen molar-refractivity contribution in [2.75, 3.05) is 0 Å². The highest BCUT2D eigenvalue weighted by Crippen LogP contribution is 2.33. The van der Waals surface area contributed by atoms with Crippen LogP contribution in [-0.4, -0.2) is 11.2 Å². The van der Waals surface area contributed by atoms with E-state index in [0.29, 0.717) is 5.76 Å². The van der Waals surface area contributed by atoms with Crippen molar-refractivity contribution in [1.82, 2.24) is 0 Å². The topological polar surface area (TPSA) is 42.6 Å². The summed E-state index contributed by atoms with van der Waals surface area (Å²) in [4.78, 5) is 0. The Kier molecular flexibility index (Phi) is 3.07. The molecular formula is C16H18O3. The van der Waals surface area contributed by atoms with Gasteiger partial charge in [-0.25, -0.2) is 0 Å². The van der Waals surface area contributed by atoms with Gasteiger partial charge in [0.1, 0.15) is 29.5 Å². The minimum absolute atomic E-state index is 0.220. The SMILES string of the molecule is CCc1ccc(C(O)c2ccc3c(c2)CC(C)O3)o1. The van der Waals surface area contributed by atoms with E-state index < -0.39 is 6.10 Å². The molecule has 0 fully saturated rings. The van der Waals surface area contributed by atoms with Crippen LogP contribution in [0.4, 0.5) is 0 Å². The Morgan fingerprint density at radius 3 is 2.89 bits per heavy atom. The number of hydrogen-bond acceptors (Lipinski definition) is 3. The molecule has 1 N–H and O–H groups in total. The largest absolute Gasteiger partial charge is 0.490 e. The van der Waals surface area contributed by atoms with E-state index in [1.54, 1.807) is 0 Å². The summed E-state index contributed by atoms with van der Waals surface area (Å²) in [5.41, 5.74) is 2.01. The quantitative estimate of drug-likeness (QED) is 0.919. The number of benzene rings is 1. The molecule has 1 aliphatic heterocycles. The monoisotopic (exact) mass is 258 g/mol. The Balaban J connectivity index is 1.88. The molecule has 1 aromatic heterocycles. The molecule has 2 aromatic rings. The van der Waals surface area contributed by atoms with Gasteiger partial charge >= 0.3 is 0 Å². The lowest BCUT2D eigenvalue weighted by Crippen LogP contribution is -2.05. The van der Waals surface area contributed by atoms with Crippen molar-refractivity contribution < 1.29 is 14.3 Å². The minimum atomic E-state index is -0.707. The first kappa shape index (κ1) is 12.3. The first-order valence-electron chi connectivity index (χ1n) is 6.73. The van der Waals surface area contributed by atoms with Crippen LogP contribution in [0.25, 0.3) is 0 Å². The van der Waals surface area contributed by atoms with Crippen LogP contribution in [0, 0.1) is 0 Å². The number of fused-ring (bicyclic) bond motifs is 1. The molecule has 2 unspecified atom stereocenters. The van der Waals surface area contributed by atoms with Gasteiger partial charge < -0.3 is 14.3 Å². The van der Waals surface area contributed by atoms with Gasteiger partial charge in [0.05, 0.1) is 0 Å². The van der Waals surface area contributed by atoms with E-state index in [1.165, 1.54) is 0 Å². The molecule has 3 rings (SSSR count). The van der Waals surface area contributed by atoms with Crippen LogP contribution in [0.2, 0.25) is 0 Å². The second-order valence-corrected chi connectivity index (χ2v) is 5.06. The Morgan fingerprint density at radius 2 is 2.16 bits per heavy atom. The zero-order valence-electron chi connectivity index (χ0n) is 11.2. The van der Waals surface area contributed by atoms with E-state index in [-0.39, 0.29) is 6.10 Å². The Bertz CT molecular complexity index is 585. The van der Waals surface area contributed by atoms with Crippen molar-refractivity contribution >= 4 is 0 Å². The minimum Gasteiger partial charge on any atom is -0.490 e. The third-order valence-corrected chi connectivity index (χ3v) is 3.54. The maximum Gasteiger partial charge on any atom is 0.137 e. The normalized spacial score (nSPS) is 19.0. The summed E-state index contributed by atoms with van der Waals surface area (Å²) in [5, 5.41) is 10.4. The average molecular weight is 258 g/mol. The Hall–Kier alpha value is -1.74. The molecule has 100 valence electrons. The summed E-state index contributed by atoms with van der Waals surface area (Å²) in [6.45, 7) is 4.08. The van der Waals surface area contributed by atoms with E-state index in [1.807, 2.05) is 37.3 Å². The smallest absolute Gasteiger partial charge is 0.137 e. The number of aliphatic hydroxyl groups excluding tert-OH is 1. The molecule has 19 heavy (non-hydrogen) atoms. The van der Waals surface area contributed by atoms with Crippen molar-refractivity contribution in [2.24, 2.45) is 0 Å². The molecule has 0 radical (unpaired) electrons. The molecule has 1 aliphatic rings. The maximum absolute atomic E-state index is 10.4. The Labute approximate surface area is 112 Å². The van der Waals surface area contributed by atoms with Crippen LogP contribution in [-0.2, 0) is 12.8 Å². The van der Waals surface area contributed by atoms with Gasteiger partial charge in [-0.15, -0.1) is 0 Å². The van der Waals surface area contributed by atoms with Crippen molar-refractivity contribution in [3.8, 4) is 5.75 Å². The van der Waals surface area contributed by atoms with Crippen LogP contribution in [0.15, 0.2) is 34.7 Å². The second-order valence-electron chi connectivity index (χ2n) is 5.06. The zero-order valence-corrected chi connectivity index (χ0v) is 11.2. The summed E-state index contributed by atoms with van der Waals surface area (Å²) in [7, 11) is 0. The first-order valence-corrected chi connectivity index (χ1v) is 6.73. The van der Waals surface area contributed by atoms with Gasteiger partial charge in [-0.05, 0) is 42.3 Å². The predicted molar refractivity (Wildman–Crippen MR) is 72.4 cm³/mol. The summed E-state index contributed by atoms with van der Waals surface area (Å²) in [5.74, 6) is 2.42. The fourth-order valence-electron chi connectivity index (χ4n) is 2.51. The molecule has 0 amide bonds. The number of ether oxygens (including phenoxy) is 1. The number of furan rings is 1. The van der Waals surface area contributed by atoms with Crippen LogP contribution in [0.5, 0.6) is 5.75 Å². The first-order chi connectivity index (χ1) is 9.17. The lowest BCUT2D eigenvalue weighted by molar-refractivity contribution is 0.187. The summed E-state index contributed by atoms with van der Waals surface area (Å²) in [6, 6.07) is 9.60. The molecule has 3 heteroatoms. The molecule has 3 nitrogen and oxygen atoms in total. The highest BCUT2D eigenvalue weighted by atomic mass is 16.5. The molecular weight excluding hydrogens is 240 g/mol. The van der Waals surface area contributed by atoms with Gasteiger partial charge in [0, 0.05) is 12.8 Å². The van der Waals surface area contributed by atoms with Crippen LogP contribution in [0.1, 0.15) is 42.6 Å². The van der Waals surface area contributed by atoms with Crippen molar-refractivity contribution in [3.63, 3.8) is 0 Å².